The van der Waals surface area contributed by atoms with Gasteiger partial charge in [0.1, 0.15) is 0 Å². The molecule has 0 aliphatic carbocycles. The number of para-hydroxylation sites is 1. The third-order valence-corrected chi connectivity index (χ3v) is 5.73. The summed E-state index contributed by atoms with van der Waals surface area (Å²) in [5.74, 6) is 0.839. The Morgan fingerprint density at radius 2 is 2.03 bits per heavy atom. The molecule has 2 heterocycles. The average Bonchev–Trinajstić information content (AvgIpc) is 3.23. The van der Waals surface area contributed by atoms with Crippen LogP contribution in [0.15, 0.2) is 29.4 Å². The van der Waals surface area contributed by atoms with Gasteiger partial charge in [0.05, 0.1) is 5.69 Å². The maximum absolute atomic E-state index is 4.52. The van der Waals surface area contributed by atoms with E-state index in [0.717, 1.165) is 37.5 Å². The predicted octanol–water partition coefficient (Wildman–Crippen LogP) is 4.04. The van der Waals surface area contributed by atoms with Crippen LogP contribution in [-0.4, -0.2) is 40.4 Å². The summed E-state index contributed by atoms with van der Waals surface area (Å²) in [6.45, 7) is 9.42. The van der Waals surface area contributed by atoms with Gasteiger partial charge in [0.25, 0.3) is 0 Å². The predicted molar refractivity (Wildman–Crippen MR) is 137 cm³/mol. The highest BCUT2D eigenvalue weighted by Crippen LogP contribution is 2.22. The molecular formula is C23H35IN6. The van der Waals surface area contributed by atoms with Gasteiger partial charge in [0, 0.05) is 49.5 Å². The zero-order valence-electron chi connectivity index (χ0n) is 19.0. The molecule has 3 rings (SSSR count). The summed E-state index contributed by atoms with van der Waals surface area (Å²) in [7, 11) is 3.82. The topological polar surface area (TPSA) is 70.0 Å². The van der Waals surface area contributed by atoms with Gasteiger partial charge in [-0.3, -0.25) is 9.67 Å². The maximum atomic E-state index is 4.52. The van der Waals surface area contributed by atoms with Gasteiger partial charge in [-0.15, -0.1) is 24.0 Å². The Bertz CT molecular complexity index is 1000. The second-order valence-electron chi connectivity index (χ2n) is 7.78. The molecule has 2 aromatic heterocycles. The third-order valence-electron chi connectivity index (χ3n) is 5.73. The van der Waals surface area contributed by atoms with E-state index >= 15 is 0 Å². The van der Waals surface area contributed by atoms with E-state index in [1.807, 2.05) is 18.8 Å². The zero-order valence-corrected chi connectivity index (χ0v) is 21.3. The highest BCUT2D eigenvalue weighted by molar-refractivity contribution is 14.0. The van der Waals surface area contributed by atoms with Crippen LogP contribution in [0.1, 0.15) is 41.9 Å². The molecule has 6 nitrogen and oxygen atoms in total. The molecule has 0 saturated heterocycles. The van der Waals surface area contributed by atoms with Gasteiger partial charge in [-0.25, -0.2) is 0 Å². The van der Waals surface area contributed by atoms with Crippen LogP contribution in [0.4, 0.5) is 0 Å². The van der Waals surface area contributed by atoms with Crippen LogP contribution in [0.2, 0.25) is 0 Å². The van der Waals surface area contributed by atoms with E-state index in [1.165, 1.54) is 33.3 Å². The van der Waals surface area contributed by atoms with Crippen molar-refractivity contribution in [2.45, 2.75) is 53.0 Å². The van der Waals surface area contributed by atoms with E-state index in [0.29, 0.717) is 0 Å². The Morgan fingerprint density at radius 3 is 2.67 bits per heavy atom. The molecule has 7 heteroatoms. The molecule has 164 valence electrons. The third kappa shape index (κ3) is 5.36. The number of aliphatic imine (C=N–C) groups is 1. The van der Waals surface area contributed by atoms with Gasteiger partial charge in [-0.05, 0) is 56.7 Å². The molecule has 0 fully saturated rings. The summed E-state index contributed by atoms with van der Waals surface area (Å²) < 4.78 is 1.95. The lowest BCUT2D eigenvalue weighted by Crippen LogP contribution is -2.43. The Balaban J connectivity index is 0.00000320. The SMILES string of the molecule is CCc1cccc2c(CCNC(=NC)NC(C)Cc3c(C)nn(C)c3C)c[nH]c12.I. The quantitative estimate of drug-likeness (QED) is 0.249. The van der Waals surface area contributed by atoms with E-state index in [9.17, 15) is 0 Å². The van der Waals surface area contributed by atoms with Crippen molar-refractivity contribution < 1.29 is 0 Å². The number of aryl methyl sites for hydroxylation is 3. The van der Waals surface area contributed by atoms with Crippen molar-refractivity contribution in [3.8, 4) is 0 Å². The number of nitrogens with one attached hydrogen (secondary N) is 3. The van der Waals surface area contributed by atoms with E-state index < -0.39 is 0 Å². The lowest BCUT2D eigenvalue weighted by atomic mass is 10.1. The number of hydrogen-bond donors (Lipinski definition) is 3. The summed E-state index contributed by atoms with van der Waals surface area (Å²) in [4.78, 5) is 7.84. The Labute approximate surface area is 197 Å². The number of aromatic nitrogens is 3. The normalized spacial score (nSPS) is 12.7. The molecule has 0 amide bonds. The number of H-pyrrole nitrogens is 1. The summed E-state index contributed by atoms with van der Waals surface area (Å²) in [6, 6.07) is 6.81. The van der Waals surface area contributed by atoms with Crippen molar-refractivity contribution >= 4 is 40.8 Å². The minimum Gasteiger partial charge on any atom is -0.361 e. The van der Waals surface area contributed by atoms with Crippen LogP contribution in [0.3, 0.4) is 0 Å². The molecule has 1 unspecified atom stereocenters. The summed E-state index contributed by atoms with van der Waals surface area (Å²) in [6.07, 6.45) is 5.05. The summed E-state index contributed by atoms with van der Waals surface area (Å²) in [5.41, 5.74) is 7.62. The molecule has 30 heavy (non-hydrogen) atoms. The largest absolute Gasteiger partial charge is 0.361 e. The van der Waals surface area contributed by atoms with E-state index in [1.54, 1.807) is 0 Å². The Morgan fingerprint density at radius 1 is 1.27 bits per heavy atom. The number of guanidine groups is 1. The second kappa shape index (κ2) is 10.8. The minimum absolute atomic E-state index is 0. The minimum atomic E-state index is 0. The molecule has 3 N–H and O–H groups in total. The number of halogens is 1. The molecule has 0 saturated carbocycles. The van der Waals surface area contributed by atoms with Crippen LogP contribution in [-0.2, 0) is 26.3 Å². The average molecular weight is 522 g/mol. The first-order valence-electron chi connectivity index (χ1n) is 10.5. The molecule has 0 bridgehead atoms. The number of rotatable bonds is 7. The van der Waals surface area contributed by atoms with E-state index in [-0.39, 0.29) is 30.0 Å². The number of aromatic amines is 1. The lowest BCUT2D eigenvalue weighted by Gasteiger charge is -2.18. The second-order valence-corrected chi connectivity index (χ2v) is 7.78. The highest BCUT2D eigenvalue weighted by atomic mass is 127. The monoisotopic (exact) mass is 522 g/mol. The van der Waals surface area contributed by atoms with Crippen LogP contribution in [0.25, 0.3) is 10.9 Å². The summed E-state index contributed by atoms with van der Waals surface area (Å²) >= 11 is 0. The van der Waals surface area contributed by atoms with Gasteiger partial charge in [0.2, 0.25) is 0 Å². The maximum Gasteiger partial charge on any atom is 0.191 e. The first-order valence-corrected chi connectivity index (χ1v) is 10.5. The smallest absolute Gasteiger partial charge is 0.191 e. The van der Waals surface area contributed by atoms with Crippen molar-refractivity contribution in [3.05, 3.63) is 52.5 Å². The number of nitrogens with zero attached hydrogens (tertiary/aromatic N) is 3. The zero-order chi connectivity index (χ0) is 21.0. The number of benzene rings is 1. The fourth-order valence-corrected chi connectivity index (χ4v) is 3.99. The van der Waals surface area contributed by atoms with Crippen LogP contribution in [0.5, 0.6) is 0 Å². The molecule has 0 radical (unpaired) electrons. The van der Waals surface area contributed by atoms with Gasteiger partial charge in [-0.2, -0.15) is 5.10 Å². The van der Waals surface area contributed by atoms with Crippen molar-refractivity contribution in [2.24, 2.45) is 12.0 Å². The highest BCUT2D eigenvalue weighted by Gasteiger charge is 2.14. The van der Waals surface area contributed by atoms with Crippen LogP contribution in [0, 0.1) is 13.8 Å². The molecule has 0 aliphatic heterocycles. The molecular weight excluding hydrogens is 487 g/mol. The standard InChI is InChI=1S/C23H34N6.HI/c1-7-18-9-8-10-20-19(14-26-22(18)20)11-12-25-23(24-5)27-15(2)13-21-16(3)28-29(6)17(21)4;/h8-10,14-15,26H,7,11-13H2,1-6H3,(H2,24,25,27);1H. The number of hydrogen-bond acceptors (Lipinski definition) is 2. The Hall–Kier alpha value is -2.03. The number of fused-ring (bicyclic) bond motifs is 1. The van der Waals surface area contributed by atoms with Gasteiger partial charge in [-0.1, -0.05) is 25.1 Å². The Kier molecular flexibility index (Phi) is 8.76. The van der Waals surface area contributed by atoms with Crippen molar-refractivity contribution in [3.63, 3.8) is 0 Å². The van der Waals surface area contributed by atoms with E-state index in [4.69, 9.17) is 0 Å². The fraction of sp³-hybridized carbons (Fsp3) is 0.478. The lowest BCUT2D eigenvalue weighted by molar-refractivity contribution is 0.635. The molecule has 3 aromatic rings. The van der Waals surface area contributed by atoms with Crippen LogP contribution >= 0.6 is 24.0 Å². The summed E-state index contributed by atoms with van der Waals surface area (Å²) in [5, 5.41) is 12.8. The fourth-order valence-electron chi connectivity index (χ4n) is 3.99. The van der Waals surface area contributed by atoms with Gasteiger partial charge < -0.3 is 15.6 Å². The van der Waals surface area contributed by atoms with Gasteiger partial charge >= 0.3 is 0 Å². The van der Waals surface area contributed by atoms with Crippen molar-refractivity contribution in [2.75, 3.05) is 13.6 Å². The molecule has 0 spiro atoms. The van der Waals surface area contributed by atoms with Crippen LogP contribution < -0.4 is 10.6 Å². The first-order chi connectivity index (χ1) is 13.9. The first kappa shape index (κ1) is 24.2. The van der Waals surface area contributed by atoms with Crippen molar-refractivity contribution in [1.82, 2.24) is 25.4 Å². The molecule has 0 aliphatic rings. The van der Waals surface area contributed by atoms with Gasteiger partial charge in [0.15, 0.2) is 5.96 Å². The molecule has 1 atom stereocenters. The van der Waals surface area contributed by atoms with Crippen molar-refractivity contribution in [1.29, 1.82) is 0 Å². The molecule has 1 aromatic carbocycles. The van der Waals surface area contributed by atoms with E-state index in [2.05, 4.69) is 77.8 Å².